The Morgan fingerprint density at radius 3 is 1.80 bits per heavy atom. The van der Waals surface area contributed by atoms with Crippen LogP contribution in [0.5, 0.6) is 0 Å². The second-order valence-electron chi connectivity index (χ2n) is 11.2. The molecule has 10 aromatic rings. The first kappa shape index (κ1) is 14.7. The van der Waals surface area contributed by atoms with Crippen LogP contribution in [0.25, 0.3) is 73.7 Å². The van der Waals surface area contributed by atoms with Gasteiger partial charge in [-0.1, -0.05) is 139 Å². The van der Waals surface area contributed by atoms with Crippen molar-refractivity contribution >= 4 is 80.1 Å². The number of hydrogen-bond acceptors (Lipinski definition) is 3. The summed E-state index contributed by atoms with van der Waals surface area (Å²) in [4.78, 5) is 1.19. The van der Waals surface area contributed by atoms with Crippen molar-refractivity contribution in [2.75, 3.05) is 4.90 Å². The van der Waals surface area contributed by atoms with Gasteiger partial charge in [-0.2, -0.15) is 0 Å². The molecule has 0 saturated heterocycles. The van der Waals surface area contributed by atoms with Gasteiger partial charge in [-0.3, -0.25) is 0 Å². The second kappa shape index (κ2) is 12.4. The van der Waals surface area contributed by atoms with E-state index >= 15 is 0 Å². The van der Waals surface area contributed by atoms with E-state index in [9.17, 15) is 8.22 Å². The maximum Gasteiger partial charge on any atom is 0.0660 e. The van der Waals surface area contributed by atoms with E-state index in [1.807, 2.05) is 0 Å². The Hall–Kier alpha value is -6.00. The summed E-state index contributed by atoms with van der Waals surface area (Å²) in [5, 5.41) is -0.0538. The molecule has 240 valence electrons. The Morgan fingerprint density at radius 1 is 0.353 bits per heavy atom. The van der Waals surface area contributed by atoms with Gasteiger partial charge in [0, 0.05) is 57.4 Å². The Balaban J connectivity index is 1.38. The summed E-state index contributed by atoms with van der Waals surface area (Å²) in [7, 11) is 0. The number of hydrogen-bond donors (Lipinski definition) is 0. The first-order chi connectivity index (χ1) is 34.8. The first-order valence-corrected chi connectivity index (χ1v) is 17.0. The van der Waals surface area contributed by atoms with Gasteiger partial charge in [0.05, 0.1) is 31.5 Å². The van der Waals surface area contributed by atoms with E-state index < -0.39 is 133 Å². The average molecular weight is 709 g/mol. The SMILES string of the molecule is [2H]c1cc(-c2c(-c3ccc(N(c4cc([2H])c5c(c4)sc4c([2H])c([2H])c([2H])c([2H])c45)c4c([2H])c([2H])c5c(sc6c([2H])c([2H])c([2H])c([2H])c65)c4[2H])c([2H])c3-c3cc([2H])c([2H])c([2H])c3[2H])cc([2H])c([2H])c2[2H])cc([2H])c1[2H]. The minimum Gasteiger partial charge on any atom is -0.310 e. The smallest absolute Gasteiger partial charge is 0.0660 e. The van der Waals surface area contributed by atoms with Gasteiger partial charge < -0.3 is 4.90 Å². The molecule has 0 amide bonds. The van der Waals surface area contributed by atoms with Crippen LogP contribution in [0.1, 0.15) is 31.5 Å². The number of thiophene rings is 2. The highest BCUT2D eigenvalue weighted by atomic mass is 32.1. The summed E-state index contributed by atoms with van der Waals surface area (Å²) in [6.45, 7) is 0. The lowest BCUT2D eigenvalue weighted by Gasteiger charge is -2.27. The number of anilines is 3. The molecule has 0 aliphatic rings. The standard InChI is InChI=1S/C48H31NS2/c1-3-13-32(14-4-1)37-17-7-8-18-38(37)39-26-23-34(29-44(39)33-15-5-2-6-16-33)49(35-24-27-42-40-19-9-11-21-45(40)50-47(42)30-35)36-25-28-43-41-20-10-12-22-46(41)51-48(43)31-36/h1-31H/i1D,2D,3D,4D,5D,6D,7D,8D,9D,10D,11D,12D,15D,17D,19D,20D,21D,22D,24D,27D,28D,29D,30D. The maximum atomic E-state index is 10.3. The molecule has 51 heavy (non-hydrogen) atoms. The van der Waals surface area contributed by atoms with Crippen LogP contribution < -0.4 is 4.90 Å². The van der Waals surface area contributed by atoms with Crippen molar-refractivity contribution in [1.82, 2.24) is 0 Å². The van der Waals surface area contributed by atoms with Crippen molar-refractivity contribution in [3.05, 3.63) is 188 Å². The fourth-order valence-corrected chi connectivity index (χ4v) is 8.01. The number of fused-ring (bicyclic) bond motifs is 6. The first-order valence-electron chi connectivity index (χ1n) is 26.9. The third-order valence-corrected chi connectivity index (χ3v) is 10.3. The van der Waals surface area contributed by atoms with E-state index in [-0.39, 0.29) is 97.2 Å². The average Bonchev–Trinajstić information content (AvgIpc) is 3.97. The summed E-state index contributed by atoms with van der Waals surface area (Å²) in [5.74, 6) is 0. The van der Waals surface area contributed by atoms with Gasteiger partial charge in [-0.15, -0.1) is 22.7 Å². The van der Waals surface area contributed by atoms with Crippen LogP contribution in [0.15, 0.2) is 188 Å². The molecule has 1 nitrogen and oxygen atoms in total. The molecule has 10 rings (SSSR count). The maximum absolute atomic E-state index is 10.3. The van der Waals surface area contributed by atoms with Crippen LogP contribution >= 0.6 is 22.7 Å². The van der Waals surface area contributed by atoms with Crippen LogP contribution in [0.4, 0.5) is 17.1 Å². The van der Waals surface area contributed by atoms with Crippen molar-refractivity contribution in [1.29, 1.82) is 0 Å². The molecule has 0 spiro atoms. The fourth-order valence-electron chi connectivity index (χ4n) is 6.03. The van der Waals surface area contributed by atoms with Crippen LogP contribution in [-0.4, -0.2) is 0 Å². The van der Waals surface area contributed by atoms with Crippen LogP contribution in [0, 0.1) is 0 Å². The number of nitrogens with zero attached hydrogens (tertiary/aromatic N) is 1. The summed E-state index contributed by atoms with van der Waals surface area (Å²) >= 11 is 1.68. The number of rotatable bonds is 6. The van der Waals surface area contributed by atoms with E-state index in [1.54, 1.807) is 0 Å². The zero-order chi connectivity index (χ0) is 53.7. The zero-order valence-corrected chi connectivity index (χ0v) is 27.5. The van der Waals surface area contributed by atoms with Crippen molar-refractivity contribution in [3.8, 4) is 33.4 Å². The molecule has 0 N–H and O–H groups in total. The molecular weight excluding hydrogens is 655 g/mol. The quantitative estimate of drug-likeness (QED) is 0.166. The Kier molecular flexibility index (Phi) is 3.57. The van der Waals surface area contributed by atoms with Gasteiger partial charge in [0.1, 0.15) is 0 Å². The highest BCUT2D eigenvalue weighted by molar-refractivity contribution is 7.26. The molecule has 0 radical (unpaired) electrons. The van der Waals surface area contributed by atoms with Gasteiger partial charge in [-0.05, 0) is 81.8 Å². The van der Waals surface area contributed by atoms with E-state index in [0.717, 1.165) is 28.7 Å². The lowest BCUT2D eigenvalue weighted by molar-refractivity contribution is 1.30. The highest BCUT2D eigenvalue weighted by Gasteiger charge is 2.20. The fraction of sp³-hybridized carbons (Fsp3) is 0. The molecule has 3 heteroatoms. The number of benzene rings is 8. The molecule has 0 saturated carbocycles. The summed E-state index contributed by atoms with van der Waals surface area (Å²) < 4.78 is 204. The predicted molar refractivity (Wildman–Crippen MR) is 223 cm³/mol. The highest BCUT2D eigenvalue weighted by Crippen LogP contribution is 2.46. The molecule has 0 fully saturated rings. The molecule has 0 bridgehead atoms. The molecule has 0 atom stereocenters. The molecule has 8 aromatic carbocycles. The lowest BCUT2D eigenvalue weighted by Crippen LogP contribution is -2.10. The molecule has 2 aromatic heterocycles. The van der Waals surface area contributed by atoms with Crippen molar-refractivity contribution < 1.29 is 31.5 Å². The van der Waals surface area contributed by atoms with E-state index in [4.69, 9.17) is 23.3 Å². The summed E-state index contributed by atoms with van der Waals surface area (Å²) in [6, 6.07) is -2.05. The Bertz CT molecular complexity index is 4180. The van der Waals surface area contributed by atoms with Gasteiger partial charge in [0.2, 0.25) is 0 Å². The minimum absolute atomic E-state index is 0.00284. The summed E-state index contributed by atoms with van der Waals surface area (Å²) in [6.07, 6.45) is 0. The van der Waals surface area contributed by atoms with Gasteiger partial charge in [0.25, 0.3) is 0 Å². The van der Waals surface area contributed by atoms with Gasteiger partial charge >= 0.3 is 0 Å². The molecule has 0 aliphatic carbocycles. The Morgan fingerprint density at radius 2 is 0.980 bits per heavy atom. The van der Waals surface area contributed by atoms with Crippen molar-refractivity contribution in [2.45, 2.75) is 0 Å². The van der Waals surface area contributed by atoms with E-state index in [2.05, 4.69) is 0 Å². The molecule has 2 heterocycles. The lowest BCUT2D eigenvalue weighted by atomic mass is 9.89. The second-order valence-corrected chi connectivity index (χ2v) is 13.2. The molecule has 0 unspecified atom stereocenters. The normalized spacial score (nSPS) is 17.8. The van der Waals surface area contributed by atoms with Crippen LogP contribution in [0.2, 0.25) is 0 Å². The van der Waals surface area contributed by atoms with Crippen LogP contribution in [-0.2, 0) is 0 Å². The predicted octanol–water partition coefficient (Wildman–Crippen LogP) is 14.9. The zero-order valence-electron chi connectivity index (χ0n) is 48.9. The molecule has 0 aliphatic heterocycles. The Labute approximate surface area is 337 Å². The monoisotopic (exact) mass is 708 g/mol. The van der Waals surface area contributed by atoms with Crippen molar-refractivity contribution in [2.24, 2.45) is 0 Å². The summed E-state index contributed by atoms with van der Waals surface area (Å²) in [5.41, 5.74) is -1.60. The van der Waals surface area contributed by atoms with Crippen molar-refractivity contribution in [3.63, 3.8) is 0 Å². The topological polar surface area (TPSA) is 3.24 Å². The minimum atomic E-state index is -0.721. The largest absolute Gasteiger partial charge is 0.310 e. The van der Waals surface area contributed by atoms with Gasteiger partial charge in [0.15, 0.2) is 0 Å². The van der Waals surface area contributed by atoms with E-state index in [1.165, 1.54) is 47.4 Å². The third-order valence-electron chi connectivity index (χ3n) is 8.27. The third kappa shape index (κ3) is 5.21. The van der Waals surface area contributed by atoms with Gasteiger partial charge in [-0.25, -0.2) is 0 Å². The van der Waals surface area contributed by atoms with Crippen LogP contribution in [0.3, 0.4) is 0 Å². The van der Waals surface area contributed by atoms with E-state index in [0.29, 0.717) is 0 Å². The molecular formula is C48H31NS2.